The van der Waals surface area contributed by atoms with Gasteiger partial charge in [-0.2, -0.15) is 0 Å². The second-order valence-corrected chi connectivity index (χ2v) is 6.42. The highest BCUT2D eigenvalue weighted by molar-refractivity contribution is 5.89. The molecule has 2 aromatic carbocycles. The van der Waals surface area contributed by atoms with Crippen LogP contribution in [0, 0.1) is 18.7 Å². The Hall–Kier alpha value is -2.82. The van der Waals surface area contributed by atoms with Crippen LogP contribution < -0.4 is 10.6 Å². The number of nitrogens with one attached hydrogen (secondary N) is 2. The molecule has 0 aliphatic heterocycles. The normalized spacial score (nSPS) is 12.4. The molecule has 2 amide bonds. The van der Waals surface area contributed by atoms with Crippen LogP contribution in [0.1, 0.15) is 31.2 Å². The summed E-state index contributed by atoms with van der Waals surface area (Å²) < 4.78 is 19.4. The molecule has 4 nitrogen and oxygen atoms in total. The Morgan fingerprint density at radius 3 is 2.52 bits per heavy atom. The number of amides is 2. The van der Waals surface area contributed by atoms with Crippen LogP contribution in [-0.4, -0.2) is 6.03 Å². The van der Waals surface area contributed by atoms with Gasteiger partial charge in [-0.05, 0) is 43.2 Å². The zero-order valence-corrected chi connectivity index (χ0v) is 14.5. The van der Waals surface area contributed by atoms with Gasteiger partial charge in [0, 0.05) is 16.6 Å². The van der Waals surface area contributed by atoms with E-state index in [0.717, 1.165) is 10.9 Å². The van der Waals surface area contributed by atoms with Crippen molar-refractivity contribution >= 4 is 22.7 Å². The second kappa shape index (κ2) is 6.97. The number of urea groups is 1. The van der Waals surface area contributed by atoms with Crippen molar-refractivity contribution in [1.29, 1.82) is 0 Å². The van der Waals surface area contributed by atoms with Crippen LogP contribution >= 0.6 is 0 Å². The third kappa shape index (κ3) is 3.65. The van der Waals surface area contributed by atoms with Gasteiger partial charge < -0.3 is 15.1 Å². The van der Waals surface area contributed by atoms with Crippen molar-refractivity contribution in [3.63, 3.8) is 0 Å². The fraction of sp³-hybridized carbons (Fsp3) is 0.250. The van der Waals surface area contributed by atoms with Gasteiger partial charge in [-0.25, -0.2) is 9.18 Å². The van der Waals surface area contributed by atoms with E-state index < -0.39 is 0 Å². The van der Waals surface area contributed by atoms with E-state index in [1.807, 2.05) is 51.1 Å². The molecule has 1 atom stereocenters. The summed E-state index contributed by atoms with van der Waals surface area (Å²) in [5.74, 6) is 0.447. The molecule has 5 heteroatoms. The lowest BCUT2D eigenvalue weighted by molar-refractivity contribution is 0.241. The van der Waals surface area contributed by atoms with Crippen LogP contribution in [0.5, 0.6) is 0 Å². The predicted molar refractivity (Wildman–Crippen MR) is 97.1 cm³/mol. The van der Waals surface area contributed by atoms with Crippen LogP contribution in [0.2, 0.25) is 0 Å². The Bertz CT molecular complexity index is 887. The molecule has 3 rings (SSSR count). The third-order valence-electron chi connectivity index (χ3n) is 4.20. The predicted octanol–water partition coefficient (Wildman–Crippen LogP) is 5.40. The van der Waals surface area contributed by atoms with Gasteiger partial charge in [0.05, 0.1) is 6.04 Å². The molecule has 25 heavy (non-hydrogen) atoms. The summed E-state index contributed by atoms with van der Waals surface area (Å²) in [5, 5.41) is 6.50. The van der Waals surface area contributed by atoms with E-state index in [0.29, 0.717) is 17.0 Å². The summed E-state index contributed by atoms with van der Waals surface area (Å²) in [6, 6.07) is 13.0. The van der Waals surface area contributed by atoms with Crippen molar-refractivity contribution in [3.8, 4) is 0 Å². The Morgan fingerprint density at radius 1 is 1.12 bits per heavy atom. The van der Waals surface area contributed by atoms with E-state index in [2.05, 4.69) is 10.6 Å². The summed E-state index contributed by atoms with van der Waals surface area (Å²) in [7, 11) is 0. The van der Waals surface area contributed by atoms with Crippen molar-refractivity contribution in [2.24, 2.45) is 5.92 Å². The molecule has 0 saturated heterocycles. The number of furan rings is 1. The molecule has 2 N–H and O–H groups in total. The van der Waals surface area contributed by atoms with E-state index in [9.17, 15) is 9.18 Å². The molecule has 3 aromatic rings. The lowest BCUT2D eigenvalue weighted by atomic mass is 9.98. The number of halogens is 1. The highest BCUT2D eigenvalue weighted by Gasteiger charge is 2.25. The number of carbonyl (C=O) groups excluding carboxylic acids is 1. The molecule has 0 aliphatic rings. The Morgan fingerprint density at radius 2 is 1.84 bits per heavy atom. The van der Waals surface area contributed by atoms with Gasteiger partial charge in [0.1, 0.15) is 17.2 Å². The standard InChI is InChI=1S/C20H21FN2O2/c1-12(2)18(23-20(24)22-15-7-5-4-6-8-15)19-13(3)16-11-14(21)9-10-17(16)25-19/h4-12,18H,1-3H3,(H2,22,23,24)/t18-/m1/s1. The summed E-state index contributed by atoms with van der Waals surface area (Å²) in [4.78, 5) is 12.4. The maximum absolute atomic E-state index is 13.5. The molecular formula is C20H21FN2O2. The van der Waals surface area contributed by atoms with Crippen LogP contribution in [0.25, 0.3) is 11.0 Å². The zero-order valence-electron chi connectivity index (χ0n) is 14.5. The van der Waals surface area contributed by atoms with Crippen molar-refractivity contribution < 1.29 is 13.6 Å². The van der Waals surface area contributed by atoms with E-state index >= 15 is 0 Å². The smallest absolute Gasteiger partial charge is 0.319 e. The number of hydrogen-bond acceptors (Lipinski definition) is 2. The quantitative estimate of drug-likeness (QED) is 0.668. The Labute approximate surface area is 146 Å². The Balaban J connectivity index is 1.86. The first-order valence-electron chi connectivity index (χ1n) is 8.27. The topological polar surface area (TPSA) is 54.3 Å². The molecule has 1 heterocycles. The van der Waals surface area contributed by atoms with Crippen molar-refractivity contribution in [2.45, 2.75) is 26.8 Å². The number of aryl methyl sites for hydroxylation is 1. The van der Waals surface area contributed by atoms with Gasteiger partial charge in [0.25, 0.3) is 0 Å². The van der Waals surface area contributed by atoms with Gasteiger partial charge in [-0.15, -0.1) is 0 Å². The fourth-order valence-electron chi connectivity index (χ4n) is 2.87. The first kappa shape index (κ1) is 17.0. The summed E-state index contributed by atoms with van der Waals surface area (Å²) in [6.07, 6.45) is 0. The summed E-state index contributed by atoms with van der Waals surface area (Å²) >= 11 is 0. The lowest BCUT2D eigenvalue weighted by Gasteiger charge is -2.21. The third-order valence-corrected chi connectivity index (χ3v) is 4.20. The molecule has 1 aromatic heterocycles. The van der Waals surface area contributed by atoms with Crippen molar-refractivity contribution in [2.75, 3.05) is 5.32 Å². The van der Waals surface area contributed by atoms with Gasteiger partial charge in [-0.3, -0.25) is 0 Å². The number of hydrogen-bond donors (Lipinski definition) is 2. The van der Waals surface area contributed by atoms with Gasteiger partial charge in [0.2, 0.25) is 0 Å². The number of benzene rings is 2. The SMILES string of the molecule is Cc1c([C@H](NC(=O)Nc2ccccc2)C(C)C)oc2ccc(F)cc12. The monoisotopic (exact) mass is 340 g/mol. The van der Waals surface area contributed by atoms with E-state index in [1.165, 1.54) is 12.1 Å². The van der Waals surface area contributed by atoms with Crippen LogP contribution in [0.15, 0.2) is 52.9 Å². The minimum absolute atomic E-state index is 0.102. The number of anilines is 1. The molecule has 0 aliphatic carbocycles. The second-order valence-electron chi connectivity index (χ2n) is 6.42. The lowest BCUT2D eigenvalue weighted by Crippen LogP contribution is -2.35. The molecule has 0 bridgehead atoms. The number of rotatable bonds is 4. The van der Waals surface area contributed by atoms with Crippen molar-refractivity contribution in [3.05, 3.63) is 65.7 Å². The molecule has 0 fully saturated rings. The largest absolute Gasteiger partial charge is 0.459 e. The highest BCUT2D eigenvalue weighted by atomic mass is 19.1. The maximum atomic E-state index is 13.5. The fourth-order valence-corrected chi connectivity index (χ4v) is 2.87. The average molecular weight is 340 g/mol. The van der Waals surface area contributed by atoms with E-state index in [4.69, 9.17) is 4.42 Å². The van der Waals surface area contributed by atoms with Crippen LogP contribution in [0.4, 0.5) is 14.9 Å². The molecule has 130 valence electrons. The minimum Gasteiger partial charge on any atom is -0.459 e. The first-order chi connectivity index (χ1) is 12.0. The van der Waals surface area contributed by atoms with Crippen LogP contribution in [0.3, 0.4) is 0 Å². The molecule has 0 saturated carbocycles. The maximum Gasteiger partial charge on any atom is 0.319 e. The zero-order chi connectivity index (χ0) is 18.0. The minimum atomic E-state index is -0.320. The van der Waals surface area contributed by atoms with Gasteiger partial charge in [0.15, 0.2) is 0 Å². The number of carbonyl (C=O) groups is 1. The molecular weight excluding hydrogens is 319 g/mol. The highest BCUT2D eigenvalue weighted by Crippen LogP contribution is 2.33. The Kier molecular flexibility index (Phi) is 4.74. The van der Waals surface area contributed by atoms with Gasteiger partial charge in [-0.1, -0.05) is 32.0 Å². The first-order valence-corrected chi connectivity index (χ1v) is 8.27. The summed E-state index contributed by atoms with van der Waals surface area (Å²) in [6.45, 7) is 5.88. The number of fused-ring (bicyclic) bond motifs is 1. The van der Waals surface area contributed by atoms with Gasteiger partial charge >= 0.3 is 6.03 Å². The van der Waals surface area contributed by atoms with Crippen molar-refractivity contribution in [1.82, 2.24) is 5.32 Å². The molecule has 0 spiro atoms. The number of para-hydroxylation sites is 1. The molecule has 0 unspecified atom stereocenters. The average Bonchev–Trinajstić information content (AvgIpc) is 2.90. The van der Waals surface area contributed by atoms with E-state index in [-0.39, 0.29) is 23.8 Å². The van der Waals surface area contributed by atoms with Crippen LogP contribution in [-0.2, 0) is 0 Å². The molecule has 0 radical (unpaired) electrons. The summed E-state index contributed by atoms with van der Waals surface area (Å²) in [5.41, 5.74) is 2.17. The van der Waals surface area contributed by atoms with E-state index in [1.54, 1.807) is 6.07 Å².